The van der Waals surface area contributed by atoms with E-state index in [9.17, 15) is 8.42 Å². The van der Waals surface area contributed by atoms with Crippen LogP contribution in [0.25, 0.3) is 0 Å². The van der Waals surface area contributed by atoms with Crippen molar-refractivity contribution in [1.82, 2.24) is 4.72 Å². The van der Waals surface area contributed by atoms with Gasteiger partial charge in [-0.15, -0.1) is 0 Å². The Morgan fingerprint density at radius 2 is 1.76 bits per heavy atom. The van der Waals surface area contributed by atoms with E-state index < -0.39 is 10.0 Å². The fraction of sp³-hybridized carbons (Fsp3) is 0.500. The Balaban J connectivity index is 2.08. The van der Waals surface area contributed by atoms with Crippen molar-refractivity contribution in [3.05, 3.63) is 24.3 Å². The van der Waals surface area contributed by atoms with Crippen LogP contribution in [-0.2, 0) is 10.0 Å². The van der Waals surface area contributed by atoms with Gasteiger partial charge in [0.05, 0.1) is 4.90 Å². The van der Waals surface area contributed by atoms with Gasteiger partial charge in [-0.05, 0) is 43.0 Å². The Labute approximate surface area is 102 Å². The molecule has 4 nitrogen and oxygen atoms in total. The first-order chi connectivity index (χ1) is 8.01. The maximum atomic E-state index is 12.0. The van der Waals surface area contributed by atoms with Crippen LogP contribution in [-0.4, -0.2) is 21.5 Å². The molecular weight excluding hydrogens is 236 g/mol. The molecule has 0 aromatic heterocycles. The summed E-state index contributed by atoms with van der Waals surface area (Å²) in [6, 6.07) is 6.88. The molecule has 5 heteroatoms. The van der Waals surface area contributed by atoms with Crippen LogP contribution in [0.3, 0.4) is 0 Å². The van der Waals surface area contributed by atoms with Crippen LogP contribution >= 0.6 is 0 Å². The lowest BCUT2D eigenvalue weighted by Crippen LogP contribution is -2.43. The smallest absolute Gasteiger partial charge is 0.240 e. The largest absolute Gasteiger partial charge is 0.388 e. The molecule has 1 saturated carbocycles. The zero-order valence-electron chi connectivity index (χ0n) is 10.1. The summed E-state index contributed by atoms with van der Waals surface area (Å²) in [7, 11) is -1.54. The van der Waals surface area contributed by atoms with Crippen LogP contribution < -0.4 is 10.0 Å². The molecule has 0 atom stereocenters. The average Bonchev–Trinajstić information content (AvgIpc) is 2.27. The van der Waals surface area contributed by atoms with E-state index in [1.807, 2.05) is 0 Å². The van der Waals surface area contributed by atoms with Crippen molar-refractivity contribution in [1.29, 1.82) is 0 Å². The van der Waals surface area contributed by atoms with Gasteiger partial charge in [-0.3, -0.25) is 0 Å². The van der Waals surface area contributed by atoms with Gasteiger partial charge in [0.15, 0.2) is 0 Å². The molecule has 2 rings (SSSR count). The molecule has 1 fully saturated rings. The molecule has 0 saturated heterocycles. The Morgan fingerprint density at radius 1 is 1.18 bits per heavy atom. The minimum Gasteiger partial charge on any atom is -0.388 e. The molecule has 1 aliphatic carbocycles. The molecule has 0 heterocycles. The van der Waals surface area contributed by atoms with Gasteiger partial charge in [0.2, 0.25) is 10.0 Å². The highest BCUT2D eigenvalue weighted by atomic mass is 32.2. The third kappa shape index (κ3) is 2.79. The van der Waals surface area contributed by atoms with Gasteiger partial charge in [0.1, 0.15) is 0 Å². The van der Waals surface area contributed by atoms with E-state index in [4.69, 9.17) is 0 Å². The highest BCUT2D eigenvalue weighted by Gasteiger charge is 2.29. The molecule has 17 heavy (non-hydrogen) atoms. The maximum absolute atomic E-state index is 12.0. The van der Waals surface area contributed by atoms with Crippen molar-refractivity contribution in [3.63, 3.8) is 0 Å². The second-order valence-electron chi connectivity index (χ2n) is 4.67. The van der Waals surface area contributed by atoms with E-state index >= 15 is 0 Å². The molecule has 2 N–H and O–H groups in total. The van der Waals surface area contributed by atoms with Gasteiger partial charge in [0, 0.05) is 18.8 Å². The first-order valence-corrected chi connectivity index (χ1v) is 7.30. The molecule has 0 radical (unpaired) electrons. The molecule has 0 amide bonds. The summed E-state index contributed by atoms with van der Waals surface area (Å²) >= 11 is 0. The molecule has 0 aliphatic heterocycles. The second kappa shape index (κ2) is 4.66. The third-order valence-corrected chi connectivity index (χ3v) is 4.69. The van der Waals surface area contributed by atoms with Crippen LogP contribution in [0, 0.1) is 5.92 Å². The summed E-state index contributed by atoms with van der Waals surface area (Å²) < 4.78 is 26.7. The maximum Gasteiger partial charge on any atom is 0.240 e. The van der Waals surface area contributed by atoms with Gasteiger partial charge in [-0.1, -0.05) is 6.92 Å². The van der Waals surface area contributed by atoms with Crippen molar-refractivity contribution in [2.24, 2.45) is 5.92 Å². The van der Waals surface area contributed by atoms with E-state index in [-0.39, 0.29) is 6.04 Å². The molecular formula is C12H18N2O2S. The van der Waals surface area contributed by atoms with Crippen LogP contribution in [0.15, 0.2) is 29.2 Å². The number of benzene rings is 1. The number of anilines is 1. The van der Waals surface area contributed by atoms with Gasteiger partial charge in [0.25, 0.3) is 0 Å². The number of hydrogen-bond acceptors (Lipinski definition) is 3. The van der Waals surface area contributed by atoms with Gasteiger partial charge in [-0.25, -0.2) is 13.1 Å². The van der Waals surface area contributed by atoms with E-state index in [1.54, 1.807) is 31.3 Å². The van der Waals surface area contributed by atoms with Crippen LogP contribution in [0.5, 0.6) is 0 Å². The lowest BCUT2D eigenvalue weighted by atomic mass is 9.83. The second-order valence-corrected chi connectivity index (χ2v) is 6.38. The highest BCUT2D eigenvalue weighted by Crippen LogP contribution is 2.27. The quantitative estimate of drug-likeness (QED) is 0.861. The van der Waals surface area contributed by atoms with Crippen LogP contribution in [0.2, 0.25) is 0 Å². The van der Waals surface area contributed by atoms with Crippen molar-refractivity contribution in [2.45, 2.75) is 30.7 Å². The van der Waals surface area contributed by atoms with E-state index in [2.05, 4.69) is 17.0 Å². The Morgan fingerprint density at radius 3 is 2.24 bits per heavy atom. The molecule has 1 aromatic carbocycles. The van der Waals surface area contributed by atoms with Crippen molar-refractivity contribution in [2.75, 3.05) is 12.4 Å². The molecule has 1 aromatic rings. The van der Waals surface area contributed by atoms with E-state index in [1.165, 1.54) is 0 Å². The normalized spacial score (nSPS) is 24.1. The SMILES string of the molecule is CNc1ccc(S(=O)(=O)NC2CC(C)C2)cc1. The number of sulfonamides is 1. The Hall–Kier alpha value is -1.07. The van der Waals surface area contributed by atoms with Crippen molar-refractivity contribution < 1.29 is 8.42 Å². The van der Waals surface area contributed by atoms with Gasteiger partial charge < -0.3 is 5.32 Å². The monoisotopic (exact) mass is 254 g/mol. The fourth-order valence-electron chi connectivity index (χ4n) is 2.09. The molecule has 1 aliphatic rings. The standard InChI is InChI=1S/C12H18N2O2S/c1-9-7-11(8-9)14-17(15,16)12-5-3-10(13-2)4-6-12/h3-6,9,11,13-14H,7-8H2,1-2H3. The number of rotatable bonds is 4. The third-order valence-electron chi connectivity index (χ3n) is 3.15. The highest BCUT2D eigenvalue weighted by molar-refractivity contribution is 7.89. The zero-order valence-corrected chi connectivity index (χ0v) is 10.9. The topological polar surface area (TPSA) is 58.2 Å². The molecule has 0 unspecified atom stereocenters. The van der Waals surface area contributed by atoms with E-state index in [0.29, 0.717) is 10.8 Å². The molecule has 0 spiro atoms. The number of hydrogen-bond donors (Lipinski definition) is 2. The molecule has 94 valence electrons. The van der Waals surface area contributed by atoms with Crippen molar-refractivity contribution >= 4 is 15.7 Å². The lowest BCUT2D eigenvalue weighted by molar-refractivity contribution is 0.270. The summed E-state index contributed by atoms with van der Waals surface area (Å²) in [5.74, 6) is 0.634. The number of nitrogens with one attached hydrogen (secondary N) is 2. The lowest BCUT2D eigenvalue weighted by Gasteiger charge is -2.32. The first kappa shape index (κ1) is 12.4. The summed E-state index contributed by atoms with van der Waals surface area (Å²) in [6.45, 7) is 2.13. The summed E-state index contributed by atoms with van der Waals surface area (Å²) in [6.07, 6.45) is 1.88. The fourth-order valence-corrected chi connectivity index (χ4v) is 3.35. The summed E-state index contributed by atoms with van der Waals surface area (Å²) in [5.41, 5.74) is 0.904. The first-order valence-electron chi connectivity index (χ1n) is 5.81. The van der Waals surface area contributed by atoms with Crippen molar-refractivity contribution in [3.8, 4) is 0 Å². The zero-order chi connectivity index (χ0) is 12.5. The van der Waals surface area contributed by atoms with Gasteiger partial charge >= 0.3 is 0 Å². The minimum absolute atomic E-state index is 0.110. The summed E-state index contributed by atoms with van der Waals surface area (Å²) in [4.78, 5) is 0.330. The minimum atomic E-state index is -3.35. The summed E-state index contributed by atoms with van der Waals surface area (Å²) in [5, 5.41) is 2.96. The molecule has 0 bridgehead atoms. The van der Waals surface area contributed by atoms with E-state index in [0.717, 1.165) is 18.5 Å². The van der Waals surface area contributed by atoms with Gasteiger partial charge in [-0.2, -0.15) is 0 Å². The average molecular weight is 254 g/mol. The Kier molecular flexibility index (Phi) is 3.40. The predicted molar refractivity (Wildman–Crippen MR) is 68.5 cm³/mol. The van der Waals surface area contributed by atoms with Crippen LogP contribution in [0.4, 0.5) is 5.69 Å². The van der Waals surface area contributed by atoms with Crippen LogP contribution in [0.1, 0.15) is 19.8 Å². The predicted octanol–water partition coefficient (Wildman–Crippen LogP) is 1.81. The Bertz CT molecular complexity index is 476.